The van der Waals surface area contributed by atoms with Crippen LogP contribution in [0, 0.1) is 0 Å². The molecule has 168 valence electrons. The molecule has 0 aliphatic carbocycles. The summed E-state index contributed by atoms with van der Waals surface area (Å²) in [6.07, 6.45) is 2.14. The molecule has 31 heavy (non-hydrogen) atoms. The van der Waals surface area contributed by atoms with Gasteiger partial charge in [-0.1, -0.05) is 28.7 Å². The Morgan fingerprint density at radius 3 is 2.52 bits per heavy atom. The van der Waals surface area contributed by atoms with Gasteiger partial charge in [0.25, 0.3) is 11.8 Å². The summed E-state index contributed by atoms with van der Waals surface area (Å²) in [6, 6.07) is 4.17. The van der Waals surface area contributed by atoms with Gasteiger partial charge < -0.3 is 9.47 Å². The van der Waals surface area contributed by atoms with E-state index >= 15 is 0 Å². The molecule has 1 atom stereocenters. The molecule has 0 aromatic heterocycles. The Labute approximate surface area is 198 Å². The molecule has 8 nitrogen and oxygen atoms in total. The highest BCUT2D eigenvalue weighted by atomic mass is 127. The third-order valence-electron chi connectivity index (χ3n) is 4.91. The summed E-state index contributed by atoms with van der Waals surface area (Å²) in [5.41, 5.74) is 0.620. The van der Waals surface area contributed by atoms with Crippen LogP contribution in [0.5, 0.6) is 0 Å². The van der Waals surface area contributed by atoms with Gasteiger partial charge in [0, 0.05) is 41.3 Å². The van der Waals surface area contributed by atoms with Crippen LogP contribution in [-0.4, -0.2) is 71.2 Å². The first-order valence-electron chi connectivity index (χ1n) is 10.2. The number of amides is 4. The Morgan fingerprint density at radius 2 is 1.77 bits per heavy atom. The maximum absolute atomic E-state index is 13.0. The molecule has 0 saturated carbocycles. The average molecular weight is 560 g/mol. The van der Waals surface area contributed by atoms with E-state index in [0.29, 0.717) is 41.6 Å². The summed E-state index contributed by atoms with van der Waals surface area (Å²) in [6.45, 7) is 2.59. The van der Waals surface area contributed by atoms with Gasteiger partial charge in [0.2, 0.25) is 11.8 Å². The summed E-state index contributed by atoms with van der Waals surface area (Å²) >= 11 is 3.77. The zero-order valence-electron chi connectivity index (χ0n) is 17.1. The number of piperidine rings is 1. The number of carbonyl (C=O) groups is 4. The molecule has 2 aliphatic heterocycles. The Morgan fingerprint density at radius 1 is 1.03 bits per heavy atom. The number of hydrogen-bond acceptors (Lipinski definition) is 7. The van der Waals surface area contributed by atoms with Gasteiger partial charge in [0.15, 0.2) is 0 Å². The minimum Gasteiger partial charge on any atom is -0.381 e. The van der Waals surface area contributed by atoms with Crippen molar-refractivity contribution in [2.45, 2.75) is 36.6 Å². The van der Waals surface area contributed by atoms with E-state index in [1.165, 1.54) is 11.8 Å². The summed E-state index contributed by atoms with van der Waals surface area (Å²) in [5.74, 6) is -1.34. The Balaban J connectivity index is 1.51. The molecule has 1 fully saturated rings. The smallest absolute Gasteiger partial charge is 0.263 e. The van der Waals surface area contributed by atoms with E-state index in [0.717, 1.165) is 28.8 Å². The molecule has 0 spiro atoms. The van der Waals surface area contributed by atoms with Gasteiger partial charge >= 0.3 is 0 Å². The fourth-order valence-corrected chi connectivity index (χ4v) is 4.69. The minimum absolute atomic E-state index is 0.103. The van der Waals surface area contributed by atoms with E-state index in [1.54, 1.807) is 18.2 Å². The van der Waals surface area contributed by atoms with Crippen LogP contribution in [0.15, 0.2) is 23.1 Å². The lowest BCUT2D eigenvalue weighted by molar-refractivity contribution is -0.136. The number of benzene rings is 1. The lowest BCUT2D eigenvalue weighted by Gasteiger charge is -2.27. The topological polar surface area (TPSA) is 102 Å². The monoisotopic (exact) mass is 560 g/mol. The molecule has 2 aliphatic rings. The highest BCUT2D eigenvalue weighted by Crippen LogP contribution is 2.34. The van der Waals surface area contributed by atoms with Crippen molar-refractivity contribution in [3.05, 3.63) is 29.3 Å². The number of thioether (sulfide) groups is 1. The second-order valence-electron chi connectivity index (χ2n) is 7.10. The summed E-state index contributed by atoms with van der Waals surface area (Å²) in [5, 5.41) is 2.21. The van der Waals surface area contributed by atoms with Crippen molar-refractivity contribution in [3.8, 4) is 0 Å². The van der Waals surface area contributed by atoms with Crippen molar-refractivity contribution < 1.29 is 28.7 Å². The molecule has 1 aromatic carbocycles. The summed E-state index contributed by atoms with van der Waals surface area (Å²) in [4.78, 5) is 51.1. The second kappa shape index (κ2) is 11.9. The number of nitrogens with one attached hydrogen (secondary N) is 1. The van der Waals surface area contributed by atoms with E-state index in [4.69, 9.17) is 9.47 Å². The molecule has 0 bridgehead atoms. The molecule has 2 heterocycles. The maximum Gasteiger partial charge on any atom is 0.263 e. The molecule has 4 amide bonds. The fraction of sp³-hybridized carbons (Fsp3) is 0.524. The molecule has 0 radical (unpaired) electrons. The van der Waals surface area contributed by atoms with Crippen LogP contribution in [0.3, 0.4) is 0 Å². The second-order valence-corrected chi connectivity index (χ2v) is 9.31. The number of ether oxygens (including phenoxy) is 2. The van der Waals surface area contributed by atoms with Crippen molar-refractivity contribution >= 4 is 58.0 Å². The molecule has 1 saturated heterocycles. The average Bonchev–Trinajstić information content (AvgIpc) is 3.01. The number of fused-ring (bicyclic) bond motifs is 1. The lowest BCUT2D eigenvalue weighted by Crippen LogP contribution is -2.54. The third kappa shape index (κ3) is 6.05. The molecule has 1 aromatic rings. The molecule has 1 unspecified atom stereocenters. The first-order chi connectivity index (χ1) is 15.0. The summed E-state index contributed by atoms with van der Waals surface area (Å²) in [7, 11) is 0. The lowest BCUT2D eigenvalue weighted by atomic mass is 10.0. The largest absolute Gasteiger partial charge is 0.381 e. The number of imide groups is 2. The van der Waals surface area contributed by atoms with Crippen molar-refractivity contribution in [1.82, 2.24) is 10.2 Å². The normalized spacial score (nSPS) is 18.5. The Kier molecular flexibility index (Phi) is 9.30. The minimum atomic E-state index is -0.953. The highest BCUT2D eigenvalue weighted by Gasteiger charge is 2.45. The van der Waals surface area contributed by atoms with Crippen LogP contribution in [-0.2, 0) is 19.1 Å². The molecular weight excluding hydrogens is 535 g/mol. The van der Waals surface area contributed by atoms with E-state index in [9.17, 15) is 19.2 Å². The number of nitrogens with zero attached hydrogens (tertiary/aromatic N) is 1. The quantitative estimate of drug-likeness (QED) is 0.138. The number of hydrogen-bond donors (Lipinski definition) is 1. The van der Waals surface area contributed by atoms with Gasteiger partial charge in [0.1, 0.15) is 6.04 Å². The molecule has 3 rings (SSSR count). The van der Waals surface area contributed by atoms with Gasteiger partial charge in [0.05, 0.1) is 17.7 Å². The van der Waals surface area contributed by atoms with Crippen LogP contribution in [0.2, 0.25) is 0 Å². The van der Waals surface area contributed by atoms with E-state index < -0.39 is 23.8 Å². The highest BCUT2D eigenvalue weighted by molar-refractivity contribution is 14.1. The van der Waals surface area contributed by atoms with Crippen molar-refractivity contribution in [3.63, 3.8) is 0 Å². The van der Waals surface area contributed by atoms with E-state index in [1.807, 2.05) is 0 Å². The predicted octanol–water partition coefficient (Wildman–Crippen LogP) is 2.43. The number of alkyl halides is 1. The predicted molar refractivity (Wildman–Crippen MR) is 124 cm³/mol. The third-order valence-corrected chi connectivity index (χ3v) is 6.70. The SMILES string of the molecule is O=C1CCC(N2C(=O)c3cccc(SCCOCCCOCCCI)c3C2=O)C(=O)N1. The van der Waals surface area contributed by atoms with Gasteiger partial charge in [-0.2, -0.15) is 0 Å². The number of carbonyl (C=O) groups excluding carboxylic acids is 4. The van der Waals surface area contributed by atoms with Crippen LogP contribution < -0.4 is 5.32 Å². The van der Waals surface area contributed by atoms with Crippen LogP contribution in [0.4, 0.5) is 0 Å². The van der Waals surface area contributed by atoms with Crippen LogP contribution in [0.25, 0.3) is 0 Å². The number of rotatable bonds is 12. The van der Waals surface area contributed by atoms with Gasteiger partial charge in [-0.05, 0) is 31.4 Å². The molecule has 10 heteroatoms. The standard InChI is InChI=1S/C21H25IN2O6S/c22-8-2-9-29-10-3-11-30-12-13-31-16-5-1-4-14-18(16)21(28)24(20(14)27)15-6-7-17(25)23-19(15)26/h1,4-5,15H,2-3,6-13H2,(H,23,25,26). The van der Waals surface area contributed by atoms with E-state index in [-0.39, 0.29) is 18.7 Å². The Bertz CT molecular complexity index is 849. The molecular formula is C21H25IN2O6S. The zero-order valence-corrected chi connectivity index (χ0v) is 20.0. The van der Waals surface area contributed by atoms with Crippen LogP contribution in [0.1, 0.15) is 46.4 Å². The van der Waals surface area contributed by atoms with E-state index in [2.05, 4.69) is 27.9 Å². The first kappa shape index (κ1) is 24.1. The van der Waals surface area contributed by atoms with Crippen molar-refractivity contribution in [1.29, 1.82) is 0 Å². The summed E-state index contributed by atoms with van der Waals surface area (Å²) < 4.78 is 12.2. The first-order valence-corrected chi connectivity index (χ1v) is 12.7. The van der Waals surface area contributed by atoms with Gasteiger partial charge in [-0.3, -0.25) is 29.4 Å². The number of halogens is 1. The Hall–Kier alpha value is -1.50. The van der Waals surface area contributed by atoms with Gasteiger partial charge in [-0.15, -0.1) is 11.8 Å². The maximum atomic E-state index is 13.0. The zero-order chi connectivity index (χ0) is 22.2. The van der Waals surface area contributed by atoms with Crippen molar-refractivity contribution in [2.75, 3.05) is 36.6 Å². The molecule has 1 N–H and O–H groups in total. The fourth-order valence-electron chi connectivity index (χ4n) is 3.44. The van der Waals surface area contributed by atoms with Crippen LogP contribution >= 0.6 is 34.4 Å². The van der Waals surface area contributed by atoms with Gasteiger partial charge in [-0.25, -0.2) is 0 Å². The van der Waals surface area contributed by atoms with Crippen molar-refractivity contribution in [2.24, 2.45) is 0 Å².